The van der Waals surface area contributed by atoms with Crippen LogP contribution in [0.15, 0.2) is 48.5 Å². The SMILES string of the molecule is COc1ccc(CNC(=O)[C@H](C)OC(=O)CCCOc2ccc(OC)cc2)cc1. The molecule has 2 aromatic rings. The number of nitrogens with one attached hydrogen (secondary N) is 1. The molecule has 2 rings (SSSR count). The van der Waals surface area contributed by atoms with Gasteiger partial charge in [-0.05, 0) is 55.3 Å². The topological polar surface area (TPSA) is 83.1 Å². The Morgan fingerprint density at radius 3 is 2.03 bits per heavy atom. The summed E-state index contributed by atoms with van der Waals surface area (Å²) < 4.78 is 20.9. The van der Waals surface area contributed by atoms with Gasteiger partial charge in [-0.2, -0.15) is 0 Å². The van der Waals surface area contributed by atoms with Crippen LogP contribution in [0, 0.1) is 0 Å². The van der Waals surface area contributed by atoms with Crippen molar-refractivity contribution in [2.75, 3.05) is 20.8 Å². The highest BCUT2D eigenvalue weighted by atomic mass is 16.5. The van der Waals surface area contributed by atoms with Gasteiger partial charge in [-0.15, -0.1) is 0 Å². The monoisotopic (exact) mass is 401 g/mol. The maximum Gasteiger partial charge on any atom is 0.306 e. The minimum Gasteiger partial charge on any atom is -0.497 e. The van der Waals surface area contributed by atoms with Gasteiger partial charge >= 0.3 is 5.97 Å². The summed E-state index contributed by atoms with van der Waals surface area (Å²) in [5.41, 5.74) is 0.924. The van der Waals surface area contributed by atoms with Gasteiger partial charge in [0.25, 0.3) is 5.91 Å². The molecule has 1 amide bonds. The summed E-state index contributed by atoms with van der Waals surface area (Å²) in [6, 6.07) is 14.6. The average molecular weight is 401 g/mol. The van der Waals surface area contributed by atoms with E-state index in [1.807, 2.05) is 24.3 Å². The lowest BCUT2D eigenvalue weighted by atomic mass is 10.2. The van der Waals surface area contributed by atoms with Crippen LogP contribution in [0.3, 0.4) is 0 Å². The van der Waals surface area contributed by atoms with Crippen molar-refractivity contribution in [1.82, 2.24) is 5.32 Å². The third-order valence-electron chi connectivity index (χ3n) is 4.16. The van der Waals surface area contributed by atoms with Gasteiger partial charge in [-0.1, -0.05) is 12.1 Å². The Balaban J connectivity index is 1.63. The number of ether oxygens (including phenoxy) is 4. The second-order valence-electron chi connectivity index (χ2n) is 6.33. The molecule has 0 heterocycles. The molecule has 0 aliphatic carbocycles. The van der Waals surface area contributed by atoms with Crippen LogP contribution < -0.4 is 19.5 Å². The van der Waals surface area contributed by atoms with Crippen LogP contribution in [0.2, 0.25) is 0 Å². The molecule has 2 aromatic carbocycles. The van der Waals surface area contributed by atoms with E-state index in [9.17, 15) is 9.59 Å². The normalized spacial score (nSPS) is 11.3. The molecule has 0 saturated carbocycles. The molecule has 29 heavy (non-hydrogen) atoms. The summed E-state index contributed by atoms with van der Waals surface area (Å²) in [5, 5.41) is 2.75. The highest BCUT2D eigenvalue weighted by Gasteiger charge is 2.17. The third kappa shape index (κ3) is 7.73. The van der Waals surface area contributed by atoms with Crippen molar-refractivity contribution in [3.63, 3.8) is 0 Å². The molecule has 0 aromatic heterocycles. The van der Waals surface area contributed by atoms with Gasteiger partial charge in [-0.25, -0.2) is 0 Å². The second-order valence-corrected chi connectivity index (χ2v) is 6.33. The number of esters is 1. The third-order valence-corrected chi connectivity index (χ3v) is 4.16. The van der Waals surface area contributed by atoms with Crippen molar-refractivity contribution < 1.29 is 28.5 Å². The molecular formula is C22H27NO6. The Hall–Kier alpha value is -3.22. The average Bonchev–Trinajstić information content (AvgIpc) is 2.75. The number of rotatable bonds is 11. The van der Waals surface area contributed by atoms with Crippen LogP contribution in [-0.4, -0.2) is 38.8 Å². The quantitative estimate of drug-likeness (QED) is 0.460. The van der Waals surface area contributed by atoms with Gasteiger partial charge in [0.05, 0.1) is 20.8 Å². The largest absolute Gasteiger partial charge is 0.497 e. The molecule has 0 aliphatic heterocycles. The smallest absolute Gasteiger partial charge is 0.306 e. The first kappa shape index (κ1) is 22.1. The molecule has 0 fully saturated rings. The number of carbonyl (C=O) groups excluding carboxylic acids is 2. The maximum absolute atomic E-state index is 12.1. The molecule has 0 saturated heterocycles. The number of hydrogen-bond acceptors (Lipinski definition) is 6. The van der Waals surface area contributed by atoms with Gasteiger partial charge in [-0.3, -0.25) is 9.59 Å². The van der Waals surface area contributed by atoms with Crippen molar-refractivity contribution in [3.05, 3.63) is 54.1 Å². The van der Waals surface area contributed by atoms with E-state index in [2.05, 4.69) is 5.32 Å². The van der Waals surface area contributed by atoms with Crippen LogP contribution in [-0.2, 0) is 20.9 Å². The van der Waals surface area contributed by atoms with E-state index in [1.165, 1.54) is 0 Å². The molecule has 7 nitrogen and oxygen atoms in total. The summed E-state index contributed by atoms with van der Waals surface area (Å²) in [6.45, 7) is 2.27. The maximum atomic E-state index is 12.1. The Bertz CT molecular complexity index is 773. The van der Waals surface area contributed by atoms with E-state index in [0.29, 0.717) is 25.3 Å². The van der Waals surface area contributed by atoms with E-state index in [4.69, 9.17) is 18.9 Å². The van der Waals surface area contributed by atoms with Crippen LogP contribution in [0.25, 0.3) is 0 Å². The van der Waals surface area contributed by atoms with E-state index in [0.717, 1.165) is 17.1 Å². The summed E-state index contributed by atoms with van der Waals surface area (Å²) >= 11 is 0. The lowest BCUT2D eigenvalue weighted by Gasteiger charge is -2.14. The highest BCUT2D eigenvalue weighted by Crippen LogP contribution is 2.17. The fraction of sp³-hybridized carbons (Fsp3) is 0.364. The number of amides is 1. The van der Waals surface area contributed by atoms with Gasteiger partial charge in [0.15, 0.2) is 6.10 Å². The van der Waals surface area contributed by atoms with E-state index < -0.39 is 12.1 Å². The number of hydrogen-bond donors (Lipinski definition) is 1. The molecule has 156 valence electrons. The Kier molecular flexibility index (Phi) is 8.82. The van der Waals surface area contributed by atoms with Crippen LogP contribution in [0.1, 0.15) is 25.3 Å². The van der Waals surface area contributed by atoms with Crippen molar-refractivity contribution in [2.24, 2.45) is 0 Å². The molecule has 0 bridgehead atoms. The van der Waals surface area contributed by atoms with Crippen molar-refractivity contribution in [1.29, 1.82) is 0 Å². The van der Waals surface area contributed by atoms with Gasteiger partial charge in [0.1, 0.15) is 17.2 Å². The summed E-state index contributed by atoms with van der Waals surface area (Å²) in [7, 11) is 3.19. The molecule has 7 heteroatoms. The summed E-state index contributed by atoms with van der Waals surface area (Å²) in [5.74, 6) is 1.42. The number of benzene rings is 2. The molecule has 0 spiro atoms. The number of carbonyl (C=O) groups is 2. The Labute approximate surface area is 170 Å². The fourth-order valence-electron chi connectivity index (χ4n) is 2.46. The van der Waals surface area contributed by atoms with Gasteiger partial charge in [0, 0.05) is 13.0 Å². The zero-order valence-electron chi connectivity index (χ0n) is 17.0. The van der Waals surface area contributed by atoms with E-state index in [1.54, 1.807) is 45.4 Å². The van der Waals surface area contributed by atoms with Crippen LogP contribution in [0.5, 0.6) is 17.2 Å². The summed E-state index contributed by atoms with van der Waals surface area (Å²) in [6.07, 6.45) is -0.194. The standard InChI is InChI=1S/C22H27NO6/c1-16(22(25)23-15-17-6-8-18(26-2)9-7-17)29-21(24)5-4-14-28-20-12-10-19(27-3)11-13-20/h6-13,16H,4-5,14-15H2,1-3H3,(H,23,25)/t16-/m0/s1. The molecule has 1 atom stereocenters. The molecular weight excluding hydrogens is 374 g/mol. The molecule has 1 N–H and O–H groups in total. The van der Waals surface area contributed by atoms with Crippen molar-refractivity contribution in [2.45, 2.75) is 32.4 Å². The van der Waals surface area contributed by atoms with E-state index >= 15 is 0 Å². The zero-order chi connectivity index (χ0) is 21.1. The lowest BCUT2D eigenvalue weighted by Crippen LogP contribution is -2.35. The molecule has 0 unspecified atom stereocenters. The zero-order valence-corrected chi connectivity index (χ0v) is 17.0. The minimum atomic E-state index is -0.858. The Morgan fingerprint density at radius 1 is 0.897 bits per heavy atom. The van der Waals surface area contributed by atoms with Gasteiger partial charge < -0.3 is 24.3 Å². The van der Waals surface area contributed by atoms with Crippen molar-refractivity contribution >= 4 is 11.9 Å². The number of methoxy groups -OCH3 is 2. The highest BCUT2D eigenvalue weighted by molar-refractivity contribution is 5.83. The minimum absolute atomic E-state index is 0.173. The van der Waals surface area contributed by atoms with Crippen LogP contribution >= 0.6 is 0 Å². The first-order valence-corrected chi connectivity index (χ1v) is 9.39. The fourth-order valence-corrected chi connectivity index (χ4v) is 2.46. The second kappa shape index (κ2) is 11.6. The first-order valence-electron chi connectivity index (χ1n) is 9.39. The Morgan fingerprint density at radius 2 is 1.45 bits per heavy atom. The van der Waals surface area contributed by atoms with Gasteiger partial charge in [0.2, 0.25) is 0 Å². The van der Waals surface area contributed by atoms with Crippen molar-refractivity contribution in [3.8, 4) is 17.2 Å². The first-order chi connectivity index (χ1) is 14.0. The lowest BCUT2D eigenvalue weighted by molar-refractivity contribution is -0.155. The summed E-state index contributed by atoms with van der Waals surface area (Å²) in [4.78, 5) is 24.0. The predicted molar refractivity (Wildman–Crippen MR) is 108 cm³/mol. The molecule has 0 aliphatic rings. The van der Waals surface area contributed by atoms with Crippen LogP contribution in [0.4, 0.5) is 0 Å². The predicted octanol–water partition coefficient (Wildman–Crippen LogP) is 3.11. The van der Waals surface area contributed by atoms with E-state index in [-0.39, 0.29) is 12.3 Å². The molecule has 0 radical (unpaired) electrons.